The molecule has 11 heteroatoms. The topological polar surface area (TPSA) is 72.3 Å². The largest absolute Gasteiger partial charge is 0.418 e. The Bertz CT molecular complexity index is 1400. The van der Waals surface area contributed by atoms with Gasteiger partial charge in [-0.15, -0.1) is 0 Å². The van der Waals surface area contributed by atoms with Crippen molar-refractivity contribution in [1.29, 1.82) is 0 Å². The van der Waals surface area contributed by atoms with E-state index in [1.807, 2.05) is 6.07 Å². The first-order valence-electron chi connectivity index (χ1n) is 11.2. The van der Waals surface area contributed by atoms with Crippen molar-refractivity contribution in [3.05, 3.63) is 83.7 Å². The first kappa shape index (κ1) is 23.9. The van der Waals surface area contributed by atoms with E-state index in [2.05, 4.69) is 20.2 Å². The Morgan fingerprint density at radius 1 is 1.06 bits per heavy atom. The maximum absolute atomic E-state index is 13.9. The summed E-state index contributed by atoms with van der Waals surface area (Å²) in [5, 5.41) is 2.75. The first-order valence-corrected chi connectivity index (χ1v) is 11.2. The van der Waals surface area contributed by atoms with Crippen molar-refractivity contribution in [3.63, 3.8) is 0 Å². The number of rotatable bonds is 5. The molecule has 0 spiro atoms. The Labute approximate surface area is 203 Å². The van der Waals surface area contributed by atoms with E-state index in [-0.39, 0.29) is 16.6 Å². The summed E-state index contributed by atoms with van der Waals surface area (Å²) < 4.78 is 61.0. The highest BCUT2D eigenvalue weighted by molar-refractivity contribution is 6.11. The fourth-order valence-electron chi connectivity index (χ4n) is 4.14. The van der Waals surface area contributed by atoms with Crippen molar-refractivity contribution in [3.8, 4) is 5.69 Å². The number of carbonyl (C=O) groups excluding carboxylic acids is 1. The van der Waals surface area contributed by atoms with Gasteiger partial charge in [0, 0.05) is 19.6 Å². The third-order valence-corrected chi connectivity index (χ3v) is 5.92. The predicted octanol–water partition coefficient (Wildman–Crippen LogP) is 4.66. The molecule has 1 aliphatic rings. The van der Waals surface area contributed by atoms with Crippen molar-refractivity contribution in [1.82, 2.24) is 19.4 Å². The van der Waals surface area contributed by atoms with Gasteiger partial charge in [-0.3, -0.25) is 19.2 Å². The lowest BCUT2D eigenvalue weighted by atomic mass is 10.1. The van der Waals surface area contributed by atoms with E-state index in [0.717, 1.165) is 41.8 Å². The van der Waals surface area contributed by atoms with Gasteiger partial charge in [0.05, 0.1) is 53.1 Å². The summed E-state index contributed by atoms with van der Waals surface area (Å²) in [5.74, 6) is -1.32. The number of ether oxygens (including phenoxy) is 1. The van der Waals surface area contributed by atoms with Crippen molar-refractivity contribution in [2.45, 2.75) is 12.7 Å². The average molecular weight is 499 g/mol. The standard InChI is InChI=1S/C25H21F4N5O2/c26-16-4-7-20(25(27,28)29)22(12-16)34-15-31-23-19(2-1-3-21(23)34)24(35)32-17-5-6-18(30-13-17)14-33-8-10-36-11-9-33/h1-7,12-13,15H,8-11,14H2,(H,32,35). The fourth-order valence-corrected chi connectivity index (χ4v) is 4.14. The van der Waals surface area contributed by atoms with E-state index >= 15 is 0 Å². The van der Waals surface area contributed by atoms with Crippen molar-refractivity contribution in [2.24, 2.45) is 0 Å². The Balaban J connectivity index is 1.39. The van der Waals surface area contributed by atoms with Gasteiger partial charge in [0.25, 0.3) is 5.91 Å². The molecule has 0 unspecified atom stereocenters. The number of nitrogens with zero attached hydrogens (tertiary/aromatic N) is 4. The van der Waals surface area contributed by atoms with Crippen LogP contribution in [0.25, 0.3) is 16.7 Å². The molecule has 1 amide bonds. The van der Waals surface area contributed by atoms with Crippen LogP contribution in [0.2, 0.25) is 0 Å². The minimum Gasteiger partial charge on any atom is -0.379 e. The number of alkyl halides is 3. The average Bonchev–Trinajstić information content (AvgIpc) is 3.29. The van der Waals surface area contributed by atoms with Crippen LogP contribution in [-0.2, 0) is 17.5 Å². The van der Waals surface area contributed by atoms with Crippen LogP contribution < -0.4 is 5.32 Å². The molecule has 4 aromatic rings. The minimum absolute atomic E-state index is 0.161. The molecular formula is C25H21F4N5O2. The van der Waals surface area contributed by atoms with Gasteiger partial charge in [-0.25, -0.2) is 9.37 Å². The molecule has 1 saturated heterocycles. The Morgan fingerprint density at radius 3 is 2.58 bits per heavy atom. The number of anilines is 1. The van der Waals surface area contributed by atoms with Gasteiger partial charge in [0.2, 0.25) is 0 Å². The van der Waals surface area contributed by atoms with Crippen molar-refractivity contribution < 1.29 is 27.1 Å². The summed E-state index contributed by atoms with van der Waals surface area (Å²) in [5.41, 5.74) is 0.470. The fraction of sp³-hybridized carbons (Fsp3) is 0.240. The van der Waals surface area contributed by atoms with Crippen LogP contribution in [0.1, 0.15) is 21.6 Å². The lowest BCUT2D eigenvalue weighted by Gasteiger charge is -2.26. The van der Waals surface area contributed by atoms with Gasteiger partial charge in [0.15, 0.2) is 0 Å². The molecule has 0 aliphatic carbocycles. The number of fused-ring (bicyclic) bond motifs is 1. The summed E-state index contributed by atoms with van der Waals surface area (Å²) in [6, 6.07) is 10.4. The summed E-state index contributed by atoms with van der Waals surface area (Å²) in [6.45, 7) is 3.71. The van der Waals surface area contributed by atoms with E-state index in [0.29, 0.717) is 31.5 Å². The number of imidazole rings is 1. The van der Waals surface area contributed by atoms with Crippen molar-refractivity contribution in [2.75, 3.05) is 31.6 Å². The molecule has 2 aromatic heterocycles. The van der Waals surface area contributed by atoms with Crippen LogP contribution in [-0.4, -0.2) is 51.6 Å². The normalized spacial score (nSPS) is 14.8. The maximum Gasteiger partial charge on any atom is 0.418 e. The summed E-state index contributed by atoms with van der Waals surface area (Å²) in [6.07, 6.45) is -2.00. The van der Waals surface area contributed by atoms with Crippen LogP contribution in [0, 0.1) is 5.82 Å². The second-order valence-electron chi connectivity index (χ2n) is 8.33. The molecular weight excluding hydrogens is 478 g/mol. The number of morpholine rings is 1. The van der Waals surface area contributed by atoms with E-state index in [4.69, 9.17) is 4.74 Å². The summed E-state index contributed by atoms with van der Waals surface area (Å²) in [7, 11) is 0. The quantitative estimate of drug-likeness (QED) is 0.405. The summed E-state index contributed by atoms with van der Waals surface area (Å²) >= 11 is 0. The second-order valence-corrected chi connectivity index (χ2v) is 8.33. The van der Waals surface area contributed by atoms with Crippen LogP contribution in [0.4, 0.5) is 23.2 Å². The number of benzene rings is 2. The number of aromatic nitrogens is 3. The molecule has 1 N–H and O–H groups in total. The van der Waals surface area contributed by atoms with Gasteiger partial charge in [0.1, 0.15) is 17.7 Å². The van der Waals surface area contributed by atoms with Crippen LogP contribution in [0.5, 0.6) is 0 Å². The highest BCUT2D eigenvalue weighted by Gasteiger charge is 2.34. The molecule has 1 aliphatic heterocycles. The van der Waals surface area contributed by atoms with E-state index < -0.39 is 29.2 Å². The van der Waals surface area contributed by atoms with Crippen LogP contribution in [0.3, 0.4) is 0 Å². The SMILES string of the molecule is O=C(Nc1ccc(CN2CCOCC2)nc1)c1cccc2c1ncn2-c1cc(F)ccc1C(F)(F)F. The third-order valence-electron chi connectivity index (χ3n) is 5.92. The number of amides is 1. The zero-order chi connectivity index (χ0) is 25.3. The van der Waals surface area contributed by atoms with Crippen molar-refractivity contribution >= 4 is 22.6 Å². The molecule has 0 saturated carbocycles. The molecule has 3 heterocycles. The lowest BCUT2D eigenvalue weighted by molar-refractivity contribution is -0.137. The molecule has 36 heavy (non-hydrogen) atoms. The molecule has 2 aromatic carbocycles. The number of hydrogen-bond donors (Lipinski definition) is 1. The maximum atomic E-state index is 13.9. The molecule has 5 rings (SSSR count). The Hall–Kier alpha value is -3.83. The molecule has 0 atom stereocenters. The van der Waals surface area contributed by atoms with E-state index in [9.17, 15) is 22.4 Å². The lowest BCUT2D eigenvalue weighted by Crippen LogP contribution is -2.35. The Morgan fingerprint density at radius 2 is 1.86 bits per heavy atom. The van der Waals surface area contributed by atoms with Crippen LogP contribution in [0.15, 0.2) is 61.1 Å². The molecule has 1 fully saturated rings. The number of pyridine rings is 1. The number of nitrogens with one attached hydrogen (secondary N) is 1. The minimum atomic E-state index is -4.70. The number of carbonyl (C=O) groups is 1. The van der Waals surface area contributed by atoms with Crippen LogP contribution >= 0.6 is 0 Å². The number of hydrogen-bond acceptors (Lipinski definition) is 5. The smallest absolute Gasteiger partial charge is 0.379 e. The third kappa shape index (κ3) is 4.93. The zero-order valence-electron chi connectivity index (χ0n) is 18.9. The Kier molecular flexibility index (Phi) is 6.42. The van der Waals surface area contributed by atoms with Gasteiger partial charge >= 0.3 is 6.18 Å². The van der Waals surface area contributed by atoms with Gasteiger partial charge in [-0.1, -0.05) is 6.07 Å². The molecule has 186 valence electrons. The van der Waals surface area contributed by atoms with E-state index in [1.54, 1.807) is 12.3 Å². The summed E-state index contributed by atoms with van der Waals surface area (Å²) in [4.78, 5) is 23.8. The second kappa shape index (κ2) is 9.67. The zero-order valence-corrected chi connectivity index (χ0v) is 18.9. The highest BCUT2D eigenvalue weighted by Crippen LogP contribution is 2.35. The highest BCUT2D eigenvalue weighted by atomic mass is 19.4. The molecule has 0 bridgehead atoms. The molecule has 0 radical (unpaired) electrons. The van der Waals surface area contributed by atoms with E-state index in [1.165, 1.54) is 18.2 Å². The van der Waals surface area contributed by atoms with Gasteiger partial charge < -0.3 is 10.1 Å². The number of halogens is 4. The monoisotopic (exact) mass is 499 g/mol. The number of para-hydroxylation sites is 1. The molecule has 7 nitrogen and oxygen atoms in total. The van der Waals surface area contributed by atoms with Gasteiger partial charge in [-0.2, -0.15) is 13.2 Å². The first-order chi connectivity index (χ1) is 17.3. The predicted molar refractivity (Wildman–Crippen MR) is 124 cm³/mol. The van der Waals surface area contributed by atoms with Gasteiger partial charge in [-0.05, 0) is 42.5 Å².